The van der Waals surface area contributed by atoms with Gasteiger partial charge in [0.2, 0.25) is 5.91 Å². The van der Waals surface area contributed by atoms with Crippen molar-refractivity contribution in [3.8, 4) is 0 Å². The molecular formula is C16H19N3OS. The summed E-state index contributed by atoms with van der Waals surface area (Å²) in [6.45, 7) is 4.03. The summed E-state index contributed by atoms with van der Waals surface area (Å²) in [6, 6.07) is 6.23. The van der Waals surface area contributed by atoms with Crippen LogP contribution in [-0.2, 0) is 17.8 Å². The van der Waals surface area contributed by atoms with Gasteiger partial charge >= 0.3 is 0 Å². The minimum Gasteiger partial charge on any atom is -0.337 e. The van der Waals surface area contributed by atoms with Gasteiger partial charge in [-0.3, -0.25) is 9.78 Å². The number of fused-ring (bicyclic) bond motifs is 1. The van der Waals surface area contributed by atoms with E-state index in [1.165, 1.54) is 10.4 Å². The van der Waals surface area contributed by atoms with E-state index in [1.54, 1.807) is 23.7 Å². The van der Waals surface area contributed by atoms with Crippen molar-refractivity contribution in [2.24, 2.45) is 0 Å². The van der Waals surface area contributed by atoms with Crippen LogP contribution in [0.1, 0.15) is 29.0 Å². The molecule has 1 atom stereocenters. The van der Waals surface area contributed by atoms with Gasteiger partial charge in [-0.2, -0.15) is 0 Å². The summed E-state index contributed by atoms with van der Waals surface area (Å²) in [7, 11) is 0. The van der Waals surface area contributed by atoms with E-state index in [0.29, 0.717) is 6.54 Å². The van der Waals surface area contributed by atoms with Gasteiger partial charge in [-0.05, 0) is 48.1 Å². The average molecular weight is 301 g/mol. The fourth-order valence-corrected chi connectivity index (χ4v) is 3.47. The fraction of sp³-hybridized carbons (Fsp3) is 0.375. The number of thiophene rings is 1. The van der Waals surface area contributed by atoms with Crippen molar-refractivity contribution in [1.29, 1.82) is 0 Å². The molecule has 5 heteroatoms. The van der Waals surface area contributed by atoms with Crippen molar-refractivity contribution in [2.75, 3.05) is 13.1 Å². The third-order valence-corrected chi connectivity index (χ3v) is 4.95. The highest BCUT2D eigenvalue weighted by molar-refractivity contribution is 7.10. The molecule has 0 unspecified atom stereocenters. The van der Waals surface area contributed by atoms with Crippen LogP contribution in [0.2, 0.25) is 0 Å². The molecule has 0 fully saturated rings. The highest BCUT2D eigenvalue weighted by Crippen LogP contribution is 2.23. The molecule has 1 aliphatic rings. The predicted molar refractivity (Wildman–Crippen MR) is 84.1 cm³/mol. The van der Waals surface area contributed by atoms with E-state index in [4.69, 9.17) is 0 Å². The van der Waals surface area contributed by atoms with Crippen molar-refractivity contribution in [1.82, 2.24) is 15.2 Å². The molecule has 0 aliphatic carbocycles. The van der Waals surface area contributed by atoms with Crippen LogP contribution in [-0.4, -0.2) is 28.9 Å². The third kappa shape index (κ3) is 3.31. The maximum atomic E-state index is 12.3. The lowest BCUT2D eigenvalue weighted by Crippen LogP contribution is -2.41. The number of rotatable bonds is 4. The highest BCUT2D eigenvalue weighted by Gasteiger charge is 2.21. The number of hydrogen-bond donors (Lipinski definition) is 1. The molecule has 0 radical (unpaired) electrons. The summed E-state index contributed by atoms with van der Waals surface area (Å²) in [5, 5.41) is 5.41. The number of carbonyl (C=O) groups is 1. The van der Waals surface area contributed by atoms with Crippen LogP contribution in [0.3, 0.4) is 0 Å². The van der Waals surface area contributed by atoms with E-state index in [9.17, 15) is 4.79 Å². The van der Waals surface area contributed by atoms with Crippen LogP contribution in [0.25, 0.3) is 0 Å². The molecule has 0 aromatic carbocycles. The van der Waals surface area contributed by atoms with Crippen molar-refractivity contribution in [3.05, 3.63) is 52.0 Å². The summed E-state index contributed by atoms with van der Waals surface area (Å²) in [5.41, 5.74) is 2.46. The van der Waals surface area contributed by atoms with E-state index < -0.39 is 0 Å². The summed E-state index contributed by atoms with van der Waals surface area (Å²) < 4.78 is 0. The van der Waals surface area contributed by atoms with Gasteiger partial charge in [0.25, 0.3) is 0 Å². The average Bonchev–Trinajstić information content (AvgIpc) is 3.00. The Morgan fingerprint density at radius 2 is 2.24 bits per heavy atom. The molecule has 21 heavy (non-hydrogen) atoms. The molecule has 0 saturated carbocycles. The second kappa shape index (κ2) is 6.37. The van der Waals surface area contributed by atoms with Crippen LogP contribution in [0.4, 0.5) is 0 Å². The lowest BCUT2D eigenvalue weighted by Gasteiger charge is -2.27. The fourth-order valence-electron chi connectivity index (χ4n) is 2.58. The summed E-state index contributed by atoms with van der Waals surface area (Å²) in [5.74, 6) is 0.174. The van der Waals surface area contributed by atoms with Gasteiger partial charge in [-0.25, -0.2) is 0 Å². The summed E-state index contributed by atoms with van der Waals surface area (Å²) in [4.78, 5) is 19.7. The molecule has 1 N–H and O–H groups in total. The number of aromatic nitrogens is 1. The molecule has 1 aliphatic heterocycles. The smallest absolute Gasteiger partial charge is 0.236 e. The number of amides is 1. The quantitative estimate of drug-likeness (QED) is 0.943. The number of hydrogen-bond acceptors (Lipinski definition) is 4. The van der Waals surface area contributed by atoms with Gasteiger partial charge in [0.05, 0.1) is 6.54 Å². The normalized spacial score (nSPS) is 15.6. The van der Waals surface area contributed by atoms with Crippen LogP contribution in [0.5, 0.6) is 0 Å². The molecule has 2 aromatic heterocycles. The zero-order valence-corrected chi connectivity index (χ0v) is 12.9. The van der Waals surface area contributed by atoms with E-state index in [-0.39, 0.29) is 11.9 Å². The molecule has 0 saturated heterocycles. The Balaban J connectivity index is 1.53. The molecule has 0 bridgehead atoms. The Morgan fingerprint density at radius 1 is 1.43 bits per heavy atom. The van der Waals surface area contributed by atoms with Gasteiger partial charge in [0.15, 0.2) is 0 Å². The van der Waals surface area contributed by atoms with E-state index >= 15 is 0 Å². The maximum Gasteiger partial charge on any atom is 0.236 e. The van der Waals surface area contributed by atoms with Crippen molar-refractivity contribution in [2.45, 2.75) is 25.9 Å². The van der Waals surface area contributed by atoms with E-state index in [0.717, 1.165) is 25.1 Å². The van der Waals surface area contributed by atoms with Crippen molar-refractivity contribution in [3.63, 3.8) is 0 Å². The molecular weight excluding hydrogens is 282 g/mol. The first-order valence-electron chi connectivity index (χ1n) is 7.20. The Hall–Kier alpha value is -1.72. The molecule has 110 valence electrons. The highest BCUT2D eigenvalue weighted by atomic mass is 32.1. The summed E-state index contributed by atoms with van der Waals surface area (Å²) in [6.07, 6.45) is 4.54. The molecule has 3 rings (SSSR count). The largest absolute Gasteiger partial charge is 0.337 e. The Morgan fingerprint density at radius 3 is 3.05 bits per heavy atom. The maximum absolute atomic E-state index is 12.3. The molecule has 4 nitrogen and oxygen atoms in total. The number of nitrogens with one attached hydrogen (secondary N) is 1. The van der Waals surface area contributed by atoms with Gasteiger partial charge in [-0.15, -0.1) is 11.3 Å². The van der Waals surface area contributed by atoms with E-state index in [1.807, 2.05) is 17.0 Å². The SMILES string of the molecule is C[C@H](NCC(=O)N1CCc2sccc2C1)c1ccncc1. The second-order valence-electron chi connectivity index (χ2n) is 5.32. The first kappa shape index (κ1) is 14.2. The zero-order chi connectivity index (χ0) is 14.7. The number of carbonyl (C=O) groups excluding carboxylic acids is 1. The first-order valence-corrected chi connectivity index (χ1v) is 8.08. The van der Waals surface area contributed by atoms with Crippen LogP contribution in [0.15, 0.2) is 36.0 Å². The van der Waals surface area contributed by atoms with Crippen molar-refractivity contribution < 1.29 is 4.79 Å². The lowest BCUT2D eigenvalue weighted by molar-refractivity contribution is -0.131. The van der Waals surface area contributed by atoms with Crippen LogP contribution in [0, 0.1) is 0 Å². The van der Waals surface area contributed by atoms with Gasteiger partial charge in [0.1, 0.15) is 0 Å². The lowest BCUT2D eigenvalue weighted by atomic mass is 10.1. The first-order chi connectivity index (χ1) is 10.2. The van der Waals surface area contributed by atoms with Gasteiger partial charge in [-0.1, -0.05) is 0 Å². The predicted octanol–water partition coefficient (Wildman–Crippen LogP) is 2.38. The molecule has 1 amide bonds. The van der Waals surface area contributed by atoms with Crippen LogP contribution >= 0.6 is 11.3 Å². The standard InChI is InChI=1S/C16H19N3OS/c1-12(13-2-6-17-7-3-13)18-10-16(20)19-8-4-15-14(11-19)5-9-21-15/h2-3,5-7,9,12,18H,4,8,10-11H2,1H3/t12-/m0/s1. The Kier molecular flexibility index (Phi) is 4.31. The number of nitrogens with zero attached hydrogens (tertiary/aromatic N) is 2. The number of pyridine rings is 1. The topological polar surface area (TPSA) is 45.2 Å². The molecule has 3 heterocycles. The Bertz CT molecular complexity index is 611. The van der Waals surface area contributed by atoms with Crippen molar-refractivity contribution >= 4 is 17.2 Å². The molecule has 0 spiro atoms. The second-order valence-corrected chi connectivity index (χ2v) is 6.32. The van der Waals surface area contributed by atoms with E-state index in [2.05, 4.69) is 28.7 Å². The molecule has 2 aromatic rings. The monoisotopic (exact) mass is 301 g/mol. The van der Waals surface area contributed by atoms with Gasteiger partial charge in [0, 0.05) is 36.4 Å². The minimum absolute atomic E-state index is 0.151. The Labute approximate surface area is 128 Å². The van der Waals surface area contributed by atoms with Gasteiger partial charge < -0.3 is 10.2 Å². The van der Waals surface area contributed by atoms with Crippen LogP contribution < -0.4 is 5.32 Å². The summed E-state index contributed by atoms with van der Waals surface area (Å²) >= 11 is 1.80. The zero-order valence-electron chi connectivity index (χ0n) is 12.1. The third-order valence-electron chi connectivity index (χ3n) is 3.93. The minimum atomic E-state index is 0.151.